The van der Waals surface area contributed by atoms with Crippen molar-refractivity contribution in [3.05, 3.63) is 68.5 Å². The van der Waals surface area contributed by atoms with Crippen LogP contribution in [0.3, 0.4) is 0 Å². The molecule has 1 unspecified atom stereocenters. The molecule has 2 aromatic rings. The summed E-state index contributed by atoms with van der Waals surface area (Å²) in [5.74, 6) is -0.261. The molecule has 0 amide bonds. The molecular weight excluding hydrogens is 295 g/mol. The fourth-order valence-corrected chi connectivity index (χ4v) is 2.88. The second-order valence-corrected chi connectivity index (χ2v) is 5.43. The molecule has 0 aliphatic heterocycles. The van der Waals surface area contributed by atoms with Crippen LogP contribution in [0.25, 0.3) is 0 Å². The normalized spacial score (nSPS) is 16.6. The molecule has 2 aromatic carbocycles. The monoisotopic (exact) mass is 306 g/mol. The van der Waals surface area contributed by atoms with Gasteiger partial charge in [-0.2, -0.15) is 0 Å². The van der Waals surface area contributed by atoms with E-state index in [1.54, 1.807) is 12.1 Å². The topological polar surface area (TPSA) is 55.2 Å². The highest BCUT2D eigenvalue weighted by atomic mass is 35.5. The lowest BCUT2D eigenvalue weighted by atomic mass is 10.1. The molecule has 0 saturated carbocycles. The Labute approximate surface area is 125 Å². The summed E-state index contributed by atoms with van der Waals surface area (Å²) < 4.78 is 13.2. The van der Waals surface area contributed by atoms with E-state index in [-0.39, 0.29) is 17.5 Å². The van der Waals surface area contributed by atoms with E-state index in [4.69, 9.17) is 11.6 Å². The van der Waals surface area contributed by atoms with Crippen molar-refractivity contribution in [2.75, 3.05) is 5.32 Å². The Morgan fingerprint density at radius 3 is 2.86 bits per heavy atom. The number of nitro benzene ring substituents is 1. The third kappa shape index (κ3) is 2.69. The summed E-state index contributed by atoms with van der Waals surface area (Å²) in [6, 6.07) is 8.99. The van der Waals surface area contributed by atoms with Gasteiger partial charge in [-0.25, -0.2) is 4.39 Å². The minimum absolute atomic E-state index is 0.0186. The van der Waals surface area contributed by atoms with E-state index in [0.717, 1.165) is 24.0 Å². The molecule has 1 atom stereocenters. The lowest BCUT2D eigenvalue weighted by Gasteiger charge is -2.15. The number of benzene rings is 2. The van der Waals surface area contributed by atoms with Gasteiger partial charge in [0, 0.05) is 11.1 Å². The van der Waals surface area contributed by atoms with Crippen LogP contribution in [0.15, 0.2) is 36.4 Å². The Balaban J connectivity index is 1.93. The number of hydrogen-bond acceptors (Lipinski definition) is 3. The minimum atomic E-state index is -0.445. The molecule has 1 N–H and O–H groups in total. The number of anilines is 1. The van der Waals surface area contributed by atoms with Crippen molar-refractivity contribution in [1.82, 2.24) is 0 Å². The van der Waals surface area contributed by atoms with E-state index in [9.17, 15) is 14.5 Å². The van der Waals surface area contributed by atoms with Crippen LogP contribution in [-0.2, 0) is 6.42 Å². The Bertz CT molecular complexity index is 721. The highest BCUT2D eigenvalue weighted by Gasteiger charge is 2.25. The first kappa shape index (κ1) is 13.8. The van der Waals surface area contributed by atoms with Gasteiger partial charge in [0.25, 0.3) is 5.69 Å². The average molecular weight is 307 g/mol. The van der Waals surface area contributed by atoms with Crippen molar-refractivity contribution in [3.63, 3.8) is 0 Å². The smallest absolute Gasteiger partial charge is 0.292 e. The van der Waals surface area contributed by atoms with Gasteiger partial charge in [0.2, 0.25) is 0 Å². The van der Waals surface area contributed by atoms with E-state index in [2.05, 4.69) is 5.32 Å². The standard InChI is InChI=1S/C15H12ClFN2O2/c16-10-2-6-15(19(20)21)14(8-10)18-13-5-1-9-7-11(17)3-4-12(9)13/h2-4,6-8,13,18H,1,5H2. The number of halogens is 2. The van der Waals surface area contributed by atoms with Crippen molar-refractivity contribution in [2.45, 2.75) is 18.9 Å². The maximum absolute atomic E-state index is 13.2. The van der Waals surface area contributed by atoms with Crippen molar-refractivity contribution >= 4 is 23.0 Å². The number of fused-ring (bicyclic) bond motifs is 1. The fraction of sp³-hybridized carbons (Fsp3) is 0.200. The van der Waals surface area contributed by atoms with E-state index in [0.29, 0.717) is 10.7 Å². The van der Waals surface area contributed by atoms with Crippen LogP contribution in [0.2, 0.25) is 5.02 Å². The zero-order valence-electron chi connectivity index (χ0n) is 11.0. The lowest BCUT2D eigenvalue weighted by Crippen LogP contribution is -2.09. The lowest BCUT2D eigenvalue weighted by molar-refractivity contribution is -0.384. The summed E-state index contributed by atoms with van der Waals surface area (Å²) in [6.07, 6.45) is 1.52. The summed E-state index contributed by atoms with van der Waals surface area (Å²) in [6.45, 7) is 0. The second-order valence-electron chi connectivity index (χ2n) is 5.00. The van der Waals surface area contributed by atoms with Crippen LogP contribution in [0.4, 0.5) is 15.8 Å². The third-order valence-corrected chi connectivity index (χ3v) is 3.90. The molecule has 4 nitrogen and oxygen atoms in total. The van der Waals surface area contributed by atoms with E-state index >= 15 is 0 Å². The Kier molecular flexibility index (Phi) is 3.51. The fourth-order valence-electron chi connectivity index (χ4n) is 2.71. The van der Waals surface area contributed by atoms with Crippen molar-refractivity contribution in [2.24, 2.45) is 0 Å². The van der Waals surface area contributed by atoms with Gasteiger partial charge in [0.15, 0.2) is 0 Å². The predicted molar refractivity (Wildman–Crippen MR) is 79.2 cm³/mol. The van der Waals surface area contributed by atoms with Crippen LogP contribution in [0.5, 0.6) is 0 Å². The van der Waals surface area contributed by atoms with Crippen LogP contribution in [-0.4, -0.2) is 4.92 Å². The number of nitrogens with one attached hydrogen (secondary N) is 1. The van der Waals surface area contributed by atoms with Crippen molar-refractivity contribution in [3.8, 4) is 0 Å². The first-order valence-corrected chi connectivity index (χ1v) is 6.91. The molecule has 0 spiro atoms. The minimum Gasteiger partial charge on any atom is -0.373 e. The molecule has 3 rings (SSSR count). The molecular formula is C15H12ClFN2O2. The molecule has 0 bridgehead atoms. The van der Waals surface area contributed by atoms with Crippen molar-refractivity contribution in [1.29, 1.82) is 0 Å². The van der Waals surface area contributed by atoms with Crippen LogP contribution >= 0.6 is 11.6 Å². The molecule has 0 heterocycles. The highest BCUT2D eigenvalue weighted by Crippen LogP contribution is 2.37. The average Bonchev–Trinajstić information content (AvgIpc) is 2.81. The van der Waals surface area contributed by atoms with Crippen LogP contribution < -0.4 is 5.32 Å². The zero-order chi connectivity index (χ0) is 15.0. The van der Waals surface area contributed by atoms with Gasteiger partial charge < -0.3 is 5.32 Å². The molecule has 6 heteroatoms. The van der Waals surface area contributed by atoms with Gasteiger partial charge in [-0.05, 0) is 48.2 Å². The van der Waals surface area contributed by atoms with Crippen molar-refractivity contribution < 1.29 is 9.31 Å². The Hall–Kier alpha value is -2.14. The first-order chi connectivity index (χ1) is 10.0. The number of rotatable bonds is 3. The number of aryl methyl sites for hydroxylation is 1. The van der Waals surface area contributed by atoms with Gasteiger partial charge in [-0.1, -0.05) is 17.7 Å². The molecule has 1 aliphatic rings. The number of nitrogens with zero attached hydrogens (tertiary/aromatic N) is 1. The quantitative estimate of drug-likeness (QED) is 0.671. The largest absolute Gasteiger partial charge is 0.373 e. The highest BCUT2D eigenvalue weighted by molar-refractivity contribution is 6.31. The number of nitro groups is 1. The molecule has 0 aromatic heterocycles. The maximum atomic E-state index is 13.2. The van der Waals surface area contributed by atoms with Gasteiger partial charge in [-0.3, -0.25) is 10.1 Å². The van der Waals surface area contributed by atoms with Crippen LogP contribution in [0.1, 0.15) is 23.6 Å². The molecule has 0 fully saturated rings. The van der Waals surface area contributed by atoms with E-state index < -0.39 is 4.92 Å². The SMILES string of the molecule is O=[N+]([O-])c1ccc(Cl)cc1NC1CCc2cc(F)ccc21. The third-order valence-electron chi connectivity index (χ3n) is 3.67. The summed E-state index contributed by atoms with van der Waals surface area (Å²) in [5.41, 5.74) is 2.28. The maximum Gasteiger partial charge on any atom is 0.292 e. The van der Waals surface area contributed by atoms with Gasteiger partial charge >= 0.3 is 0 Å². The molecule has 1 aliphatic carbocycles. The summed E-state index contributed by atoms with van der Waals surface area (Å²) in [4.78, 5) is 10.6. The molecule has 21 heavy (non-hydrogen) atoms. The van der Waals surface area contributed by atoms with Gasteiger partial charge in [0.05, 0.1) is 11.0 Å². The van der Waals surface area contributed by atoms with Gasteiger partial charge in [0.1, 0.15) is 11.5 Å². The summed E-state index contributed by atoms with van der Waals surface area (Å²) >= 11 is 5.92. The summed E-state index contributed by atoms with van der Waals surface area (Å²) in [5, 5.41) is 14.7. The van der Waals surface area contributed by atoms with Crippen LogP contribution in [0, 0.1) is 15.9 Å². The molecule has 0 saturated heterocycles. The van der Waals surface area contributed by atoms with E-state index in [1.165, 1.54) is 24.3 Å². The molecule has 108 valence electrons. The number of hydrogen-bond donors (Lipinski definition) is 1. The molecule has 0 radical (unpaired) electrons. The Morgan fingerprint density at radius 1 is 1.29 bits per heavy atom. The van der Waals surface area contributed by atoms with E-state index in [1.807, 2.05) is 0 Å². The first-order valence-electron chi connectivity index (χ1n) is 6.53. The predicted octanol–water partition coefficient (Wildman–Crippen LogP) is 4.49. The van der Waals surface area contributed by atoms with Gasteiger partial charge in [-0.15, -0.1) is 0 Å². The Morgan fingerprint density at radius 2 is 2.10 bits per heavy atom. The zero-order valence-corrected chi connectivity index (χ0v) is 11.7. The second kappa shape index (κ2) is 5.33. The summed E-state index contributed by atoms with van der Waals surface area (Å²) in [7, 11) is 0.